The molecule has 0 amide bonds. The van der Waals surface area contributed by atoms with Crippen LogP contribution < -0.4 is 0 Å². The Morgan fingerprint density at radius 3 is 2.67 bits per heavy atom. The van der Waals surface area contributed by atoms with Crippen LogP contribution in [0.15, 0.2) is 11.4 Å². The number of rotatable bonds is 4. The zero-order valence-corrected chi connectivity index (χ0v) is 16.2. The van der Waals surface area contributed by atoms with Crippen LogP contribution in [-0.4, -0.2) is 72.9 Å². The second kappa shape index (κ2) is 6.66. The lowest BCUT2D eigenvalue weighted by molar-refractivity contribution is -0.103. The minimum Gasteiger partial charge on any atom is -0.389 e. The van der Waals surface area contributed by atoms with Crippen LogP contribution in [0.25, 0.3) is 0 Å². The Hall–Kier alpha value is -0.510. The first-order chi connectivity index (χ1) is 11.2. The highest BCUT2D eigenvalue weighted by Gasteiger charge is 2.47. The van der Waals surface area contributed by atoms with Gasteiger partial charge in [-0.3, -0.25) is 4.90 Å². The monoisotopic (exact) mass is 373 g/mol. The summed E-state index contributed by atoms with van der Waals surface area (Å²) in [6, 6.07) is 2.13. The molecule has 1 aromatic heterocycles. The molecule has 2 unspecified atom stereocenters. The predicted molar refractivity (Wildman–Crippen MR) is 96.2 cm³/mol. The Morgan fingerprint density at radius 2 is 2.04 bits per heavy atom. The van der Waals surface area contributed by atoms with Crippen LogP contribution in [0.1, 0.15) is 23.3 Å². The van der Waals surface area contributed by atoms with Crippen molar-refractivity contribution in [2.45, 2.75) is 31.9 Å². The van der Waals surface area contributed by atoms with Gasteiger partial charge in [0.1, 0.15) is 0 Å². The third-order valence-electron chi connectivity index (χ3n) is 5.44. The van der Waals surface area contributed by atoms with E-state index in [-0.39, 0.29) is 5.92 Å². The summed E-state index contributed by atoms with van der Waals surface area (Å²) in [5.41, 5.74) is 0.584. The Labute approximate surface area is 148 Å². The zero-order chi connectivity index (χ0) is 17.5. The zero-order valence-electron chi connectivity index (χ0n) is 14.6. The number of aryl methyl sites for hydroxylation is 1. The number of hydrogen-bond donors (Lipinski definition) is 1. The van der Waals surface area contributed by atoms with Crippen molar-refractivity contribution in [1.29, 1.82) is 0 Å². The largest absolute Gasteiger partial charge is 0.389 e. The summed E-state index contributed by atoms with van der Waals surface area (Å²) in [6.07, 6.45) is 1.24. The predicted octanol–water partition coefficient (Wildman–Crippen LogP) is 1.12. The molecule has 136 valence electrons. The van der Waals surface area contributed by atoms with Gasteiger partial charge in [-0.25, -0.2) is 0 Å². The third kappa shape index (κ3) is 3.40. The lowest BCUT2D eigenvalue weighted by Crippen LogP contribution is -2.61. The molecular weight excluding hydrogens is 346 g/mol. The average Bonchev–Trinajstić information content (AvgIpc) is 2.92. The smallest absolute Gasteiger partial charge is 0.281 e. The molecule has 0 radical (unpaired) electrons. The van der Waals surface area contributed by atoms with Crippen molar-refractivity contribution >= 4 is 21.5 Å². The van der Waals surface area contributed by atoms with Gasteiger partial charge >= 0.3 is 0 Å². The van der Waals surface area contributed by atoms with Crippen LogP contribution in [0, 0.1) is 12.8 Å². The van der Waals surface area contributed by atoms with Crippen LogP contribution in [0.5, 0.6) is 0 Å². The number of fused-ring (bicyclic) bond motifs is 1. The van der Waals surface area contributed by atoms with Gasteiger partial charge in [-0.1, -0.05) is 0 Å². The van der Waals surface area contributed by atoms with Gasteiger partial charge in [0.15, 0.2) is 0 Å². The van der Waals surface area contributed by atoms with Crippen molar-refractivity contribution in [2.24, 2.45) is 5.92 Å². The fourth-order valence-electron chi connectivity index (χ4n) is 3.69. The topological polar surface area (TPSA) is 64.1 Å². The van der Waals surface area contributed by atoms with Crippen molar-refractivity contribution in [3.8, 4) is 0 Å². The normalized spacial score (nSPS) is 29.8. The summed E-state index contributed by atoms with van der Waals surface area (Å²) in [6.45, 7) is 5.42. The minimum atomic E-state index is -3.41. The second-order valence-corrected chi connectivity index (χ2v) is 10.4. The minimum absolute atomic E-state index is 0.0324. The average molecular weight is 374 g/mol. The molecule has 0 saturated carbocycles. The first kappa shape index (κ1) is 18.3. The number of likely N-dealkylation sites (tertiary alicyclic amines) is 1. The van der Waals surface area contributed by atoms with Crippen molar-refractivity contribution in [2.75, 3.05) is 40.3 Å². The van der Waals surface area contributed by atoms with Crippen molar-refractivity contribution in [1.82, 2.24) is 13.5 Å². The van der Waals surface area contributed by atoms with Crippen molar-refractivity contribution in [3.63, 3.8) is 0 Å². The number of hydrogen-bond acceptors (Lipinski definition) is 5. The number of thiophene rings is 1. The molecule has 6 nitrogen and oxygen atoms in total. The van der Waals surface area contributed by atoms with Gasteiger partial charge in [0.05, 0.1) is 5.60 Å². The molecule has 3 heterocycles. The molecule has 1 aromatic rings. The first-order valence-electron chi connectivity index (χ1n) is 8.38. The van der Waals surface area contributed by atoms with E-state index in [0.717, 1.165) is 26.1 Å². The van der Waals surface area contributed by atoms with Crippen LogP contribution in [0.3, 0.4) is 0 Å². The van der Waals surface area contributed by atoms with Gasteiger partial charge in [0.25, 0.3) is 10.2 Å². The maximum atomic E-state index is 12.4. The van der Waals surface area contributed by atoms with E-state index in [1.54, 1.807) is 25.4 Å². The van der Waals surface area contributed by atoms with Gasteiger partial charge in [0.2, 0.25) is 0 Å². The molecular formula is C16H27N3O3S2. The molecule has 24 heavy (non-hydrogen) atoms. The Bertz CT molecular complexity index is 688. The summed E-state index contributed by atoms with van der Waals surface area (Å²) < 4.78 is 27.6. The van der Waals surface area contributed by atoms with Gasteiger partial charge in [-0.2, -0.15) is 17.0 Å². The lowest BCUT2D eigenvalue weighted by Gasteiger charge is -2.50. The Morgan fingerprint density at radius 1 is 1.33 bits per heavy atom. The van der Waals surface area contributed by atoms with Crippen LogP contribution in [0.4, 0.5) is 0 Å². The lowest BCUT2D eigenvalue weighted by atomic mass is 9.76. The Kier molecular flexibility index (Phi) is 5.07. The van der Waals surface area contributed by atoms with Crippen LogP contribution in [-0.2, 0) is 16.8 Å². The molecule has 1 N–H and O–H groups in total. The van der Waals surface area contributed by atoms with E-state index in [1.165, 1.54) is 19.1 Å². The van der Waals surface area contributed by atoms with Crippen molar-refractivity contribution in [3.05, 3.63) is 21.9 Å². The summed E-state index contributed by atoms with van der Waals surface area (Å²) in [5, 5.41) is 13.1. The standard InChI is InChI=1S/C16H27N3O3S2/c1-13-4-9-23-15(13)12-18-7-5-16(20)6-8-19(11-14(16)10-18)24(21,22)17(2)3/h4,9,14,20H,5-8,10-12H2,1-3H3. The summed E-state index contributed by atoms with van der Waals surface area (Å²) in [5.74, 6) is -0.0324. The van der Waals surface area contributed by atoms with Gasteiger partial charge in [-0.05, 0) is 36.8 Å². The summed E-state index contributed by atoms with van der Waals surface area (Å²) in [4.78, 5) is 3.71. The fraction of sp³-hybridized carbons (Fsp3) is 0.750. The quantitative estimate of drug-likeness (QED) is 0.859. The fourth-order valence-corrected chi connectivity index (χ4v) is 5.79. The molecule has 0 aliphatic carbocycles. The van der Waals surface area contributed by atoms with Crippen LogP contribution >= 0.6 is 11.3 Å². The number of nitrogens with zero attached hydrogens (tertiary/aromatic N) is 3. The van der Waals surface area contributed by atoms with E-state index in [9.17, 15) is 13.5 Å². The maximum absolute atomic E-state index is 12.4. The molecule has 2 atom stereocenters. The molecule has 0 aromatic carbocycles. The summed E-state index contributed by atoms with van der Waals surface area (Å²) in [7, 11) is -0.295. The third-order valence-corrected chi connectivity index (χ3v) is 8.36. The molecule has 2 aliphatic rings. The first-order valence-corrected chi connectivity index (χ1v) is 10.7. The van der Waals surface area contributed by atoms with E-state index >= 15 is 0 Å². The summed E-state index contributed by atoms with van der Waals surface area (Å²) >= 11 is 1.76. The highest BCUT2D eigenvalue weighted by Crippen LogP contribution is 2.37. The number of aliphatic hydroxyl groups is 1. The van der Waals surface area contributed by atoms with E-state index in [1.807, 2.05) is 0 Å². The van der Waals surface area contributed by atoms with Gasteiger partial charge < -0.3 is 5.11 Å². The molecule has 8 heteroatoms. The molecule has 0 spiro atoms. The second-order valence-electron chi connectivity index (χ2n) is 7.21. The molecule has 2 saturated heterocycles. The highest BCUT2D eigenvalue weighted by atomic mass is 32.2. The van der Waals surface area contributed by atoms with E-state index in [4.69, 9.17) is 0 Å². The Balaban J connectivity index is 1.71. The van der Waals surface area contributed by atoms with Gasteiger partial charge in [0, 0.05) is 57.6 Å². The SMILES string of the molecule is Cc1ccsc1CN1CCC2(O)CCN(S(=O)(=O)N(C)C)CC2C1. The van der Waals surface area contributed by atoms with Gasteiger partial charge in [-0.15, -0.1) is 11.3 Å². The molecule has 2 fully saturated rings. The van der Waals surface area contributed by atoms with E-state index < -0.39 is 15.8 Å². The molecule has 0 bridgehead atoms. The number of piperidine rings is 2. The van der Waals surface area contributed by atoms with Crippen molar-refractivity contribution < 1.29 is 13.5 Å². The highest BCUT2D eigenvalue weighted by molar-refractivity contribution is 7.86. The maximum Gasteiger partial charge on any atom is 0.281 e. The molecule has 3 rings (SSSR count). The van der Waals surface area contributed by atoms with E-state index in [2.05, 4.69) is 23.3 Å². The van der Waals surface area contributed by atoms with E-state index in [0.29, 0.717) is 19.5 Å². The van der Waals surface area contributed by atoms with Crippen LogP contribution in [0.2, 0.25) is 0 Å². The molecule has 2 aliphatic heterocycles.